The Kier molecular flexibility index (Phi) is 8.51. The van der Waals surface area contributed by atoms with E-state index in [9.17, 15) is 10.2 Å². The first-order valence-electron chi connectivity index (χ1n) is 10.9. The number of rotatable bonds is 10. The summed E-state index contributed by atoms with van der Waals surface area (Å²) < 4.78 is 11.4. The molecule has 2 aromatic rings. The fraction of sp³-hybridized carbons (Fsp3) is 0.500. The number of piperazine rings is 1. The minimum absolute atomic E-state index is 0.318. The first-order chi connectivity index (χ1) is 14.5. The number of hydrogen-bond acceptors (Lipinski definition) is 4. The van der Waals surface area contributed by atoms with E-state index >= 15 is 0 Å². The minimum atomic E-state index is -0.476. The van der Waals surface area contributed by atoms with Crippen molar-refractivity contribution in [2.75, 3.05) is 52.5 Å². The third-order valence-corrected chi connectivity index (χ3v) is 5.64. The number of aliphatic hydroxyl groups excluding tert-OH is 2. The van der Waals surface area contributed by atoms with Crippen LogP contribution < -0.4 is 19.3 Å². The molecule has 1 aliphatic rings. The van der Waals surface area contributed by atoms with Crippen molar-refractivity contribution in [3.8, 4) is 11.5 Å². The molecule has 164 valence electrons. The van der Waals surface area contributed by atoms with Gasteiger partial charge in [0.25, 0.3) is 0 Å². The smallest absolute Gasteiger partial charge is 0.137 e. The molecular weight excluding hydrogens is 380 g/mol. The van der Waals surface area contributed by atoms with Gasteiger partial charge in [0, 0.05) is 0 Å². The van der Waals surface area contributed by atoms with E-state index in [1.165, 1.54) is 20.9 Å². The SMILES string of the molecule is Cc1ccc(OC[C@H](O)C[NH+]2CC[NH+](C[C@@H](O)COc3ccc(C)cc3)CC2)cc1. The maximum absolute atomic E-state index is 10.3. The number of ether oxygens (including phenoxy) is 2. The highest BCUT2D eigenvalue weighted by Gasteiger charge is 2.26. The molecule has 4 N–H and O–H groups in total. The second-order valence-electron chi connectivity index (χ2n) is 8.46. The Morgan fingerprint density at radius 1 is 0.667 bits per heavy atom. The molecule has 0 spiro atoms. The summed E-state index contributed by atoms with van der Waals surface area (Å²) in [4.78, 5) is 2.79. The molecule has 1 aliphatic heterocycles. The fourth-order valence-corrected chi connectivity index (χ4v) is 3.80. The first kappa shape index (κ1) is 22.6. The van der Waals surface area contributed by atoms with Crippen molar-refractivity contribution in [3.05, 3.63) is 59.7 Å². The predicted octanol–water partition coefficient (Wildman–Crippen LogP) is -0.734. The van der Waals surface area contributed by atoms with Gasteiger partial charge in [0.05, 0.1) is 0 Å². The lowest BCUT2D eigenvalue weighted by atomic mass is 10.2. The normalized spacial score (nSPS) is 21.1. The van der Waals surface area contributed by atoms with Gasteiger partial charge in [-0.1, -0.05) is 35.4 Å². The standard InChI is InChI=1S/C24H34N2O4/c1-19-3-7-23(8-4-19)29-17-21(27)15-25-11-13-26(14-12-25)16-22(28)18-30-24-9-5-20(2)6-10-24/h3-10,21-22,27-28H,11-18H2,1-2H3/p+2/t21-,22-/m1/s1. The lowest BCUT2D eigenvalue weighted by Gasteiger charge is -2.31. The van der Waals surface area contributed by atoms with Gasteiger partial charge in [-0.05, 0) is 38.1 Å². The van der Waals surface area contributed by atoms with Gasteiger partial charge in [-0.15, -0.1) is 0 Å². The van der Waals surface area contributed by atoms with Gasteiger partial charge in [0.2, 0.25) is 0 Å². The highest BCUT2D eigenvalue weighted by Crippen LogP contribution is 2.12. The Balaban J connectivity index is 1.30. The third-order valence-electron chi connectivity index (χ3n) is 5.64. The molecule has 0 radical (unpaired) electrons. The highest BCUT2D eigenvalue weighted by atomic mass is 16.5. The fourth-order valence-electron chi connectivity index (χ4n) is 3.80. The van der Waals surface area contributed by atoms with E-state index in [0.29, 0.717) is 26.3 Å². The molecule has 1 fully saturated rings. The lowest BCUT2D eigenvalue weighted by molar-refractivity contribution is -1.01. The molecule has 1 saturated heterocycles. The summed E-state index contributed by atoms with van der Waals surface area (Å²) in [5, 5.41) is 20.6. The molecule has 0 saturated carbocycles. The van der Waals surface area contributed by atoms with Crippen LogP contribution in [0.3, 0.4) is 0 Å². The first-order valence-corrected chi connectivity index (χ1v) is 10.9. The van der Waals surface area contributed by atoms with E-state index in [-0.39, 0.29) is 0 Å². The number of benzene rings is 2. The minimum Gasteiger partial charge on any atom is -0.491 e. The third kappa shape index (κ3) is 7.61. The Labute approximate surface area is 179 Å². The summed E-state index contributed by atoms with van der Waals surface area (Å²) >= 11 is 0. The summed E-state index contributed by atoms with van der Waals surface area (Å²) in [5.74, 6) is 1.59. The van der Waals surface area contributed by atoms with Crippen molar-refractivity contribution in [1.29, 1.82) is 0 Å². The molecule has 6 heteroatoms. The highest BCUT2D eigenvalue weighted by molar-refractivity contribution is 5.26. The number of quaternary nitrogens is 2. The molecule has 2 aromatic carbocycles. The maximum atomic E-state index is 10.3. The van der Waals surface area contributed by atoms with Crippen LogP contribution in [0.1, 0.15) is 11.1 Å². The van der Waals surface area contributed by atoms with Gasteiger partial charge in [-0.25, -0.2) is 0 Å². The van der Waals surface area contributed by atoms with Crippen molar-refractivity contribution < 1.29 is 29.5 Å². The van der Waals surface area contributed by atoms with Crippen molar-refractivity contribution in [3.63, 3.8) is 0 Å². The van der Waals surface area contributed by atoms with E-state index in [1.807, 2.05) is 62.4 Å². The van der Waals surface area contributed by atoms with Crippen LogP contribution in [-0.4, -0.2) is 74.9 Å². The molecule has 30 heavy (non-hydrogen) atoms. The zero-order valence-electron chi connectivity index (χ0n) is 18.1. The maximum Gasteiger partial charge on any atom is 0.137 e. The molecule has 6 nitrogen and oxygen atoms in total. The summed E-state index contributed by atoms with van der Waals surface area (Å²) in [6, 6.07) is 15.8. The number of aliphatic hydroxyl groups is 2. The van der Waals surface area contributed by atoms with Gasteiger partial charge in [-0.3, -0.25) is 0 Å². The number of aryl methyl sites for hydroxylation is 2. The lowest BCUT2D eigenvalue weighted by Crippen LogP contribution is -3.29. The predicted molar refractivity (Wildman–Crippen MR) is 116 cm³/mol. The van der Waals surface area contributed by atoms with Crippen molar-refractivity contribution in [1.82, 2.24) is 0 Å². The summed E-state index contributed by atoms with van der Waals surface area (Å²) in [6.07, 6.45) is -0.951. The van der Waals surface area contributed by atoms with Crippen molar-refractivity contribution in [2.24, 2.45) is 0 Å². The molecule has 0 aromatic heterocycles. The van der Waals surface area contributed by atoms with Crippen LogP contribution in [0.4, 0.5) is 0 Å². The molecule has 1 heterocycles. The molecule has 0 aliphatic carbocycles. The van der Waals surface area contributed by atoms with E-state index in [4.69, 9.17) is 9.47 Å². The van der Waals surface area contributed by atoms with Crippen LogP contribution in [0.15, 0.2) is 48.5 Å². The molecule has 0 bridgehead atoms. The average molecular weight is 417 g/mol. The average Bonchev–Trinajstić information content (AvgIpc) is 2.74. The van der Waals surface area contributed by atoms with E-state index in [0.717, 1.165) is 37.7 Å². The van der Waals surface area contributed by atoms with E-state index in [2.05, 4.69) is 0 Å². The van der Waals surface area contributed by atoms with Gasteiger partial charge in [0.15, 0.2) is 0 Å². The summed E-state index contributed by atoms with van der Waals surface area (Å²) in [6.45, 7) is 10.1. The van der Waals surface area contributed by atoms with Crippen LogP contribution in [0.25, 0.3) is 0 Å². The topological polar surface area (TPSA) is 67.8 Å². The van der Waals surface area contributed by atoms with Crippen LogP contribution in [0.5, 0.6) is 11.5 Å². The number of nitrogens with one attached hydrogen (secondary N) is 2. The largest absolute Gasteiger partial charge is 0.491 e. The van der Waals surface area contributed by atoms with E-state index in [1.54, 1.807) is 0 Å². The van der Waals surface area contributed by atoms with Crippen molar-refractivity contribution in [2.45, 2.75) is 26.1 Å². The van der Waals surface area contributed by atoms with E-state index < -0.39 is 12.2 Å². The summed E-state index contributed by atoms with van der Waals surface area (Å²) in [7, 11) is 0. The van der Waals surface area contributed by atoms with Crippen molar-refractivity contribution >= 4 is 0 Å². The zero-order chi connectivity index (χ0) is 21.3. The Morgan fingerprint density at radius 3 is 1.33 bits per heavy atom. The molecule has 0 unspecified atom stereocenters. The molecular formula is C24H36N2O4+2. The zero-order valence-corrected chi connectivity index (χ0v) is 18.1. The molecule has 0 amide bonds. The molecule has 3 rings (SSSR count). The second-order valence-corrected chi connectivity index (χ2v) is 8.46. The van der Waals surface area contributed by atoms with Gasteiger partial charge < -0.3 is 29.5 Å². The Hall–Kier alpha value is -2.12. The Bertz CT molecular complexity index is 677. The van der Waals surface area contributed by atoms with Gasteiger partial charge in [0.1, 0.15) is 76.2 Å². The van der Waals surface area contributed by atoms with Gasteiger partial charge in [-0.2, -0.15) is 0 Å². The van der Waals surface area contributed by atoms with Crippen LogP contribution >= 0.6 is 0 Å². The Morgan fingerprint density at radius 2 is 1.00 bits per heavy atom. The summed E-state index contributed by atoms with van der Waals surface area (Å²) in [5.41, 5.74) is 2.39. The number of hydrogen-bond donors (Lipinski definition) is 4. The van der Waals surface area contributed by atoms with Gasteiger partial charge >= 0.3 is 0 Å². The van der Waals surface area contributed by atoms with Crippen LogP contribution in [-0.2, 0) is 0 Å². The quantitative estimate of drug-likeness (QED) is 0.412. The van der Waals surface area contributed by atoms with Crippen LogP contribution in [0, 0.1) is 13.8 Å². The monoisotopic (exact) mass is 416 g/mol. The molecule has 2 atom stereocenters. The second kappa shape index (κ2) is 11.3. The van der Waals surface area contributed by atoms with Crippen LogP contribution in [0.2, 0.25) is 0 Å².